The van der Waals surface area contributed by atoms with Gasteiger partial charge in [0.15, 0.2) is 0 Å². The number of nitrogens with zero attached hydrogens (tertiary/aromatic N) is 3. The molecule has 2 aromatic carbocycles. The van der Waals surface area contributed by atoms with Crippen molar-refractivity contribution >= 4 is 17.1 Å². The van der Waals surface area contributed by atoms with Crippen molar-refractivity contribution in [2.75, 3.05) is 13.1 Å². The van der Waals surface area contributed by atoms with Gasteiger partial charge in [-0.25, -0.2) is 9.78 Å². The highest BCUT2D eigenvalue weighted by molar-refractivity contribution is 5.76. The highest BCUT2D eigenvalue weighted by atomic mass is 16.2. The van der Waals surface area contributed by atoms with Gasteiger partial charge < -0.3 is 14.8 Å². The number of benzene rings is 2. The van der Waals surface area contributed by atoms with Crippen LogP contribution in [0, 0.1) is 0 Å². The average molecular weight is 362 g/mol. The minimum atomic E-state index is -0.118. The van der Waals surface area contributed by atoms with E-state index in [0.29, 0.717) is 6.54 Å². The quantitative estimate of drug-likeness (QED) is 0.750. The predicted octanol–water partition coefficient (Wildman–Crippen LogP) is 3.84. The first-order chi connectivity index (χ1) is 13.2. The Morgan fingerprint density at radius 3 is 2.78 bits per heavy atom. The van der Waals surface area contributed by atoms with Gasteiger partial charge in [-0.3, -0.25) is 0 Å². The van der Waals surface area contributed by atoms with E-state index in [4.69, 9.17) is 0 Å². The van der Waals surface area contributed by atoms with Gasteiger partial charge in [0.05, 0.1) is 17.4 Å². The SMILES string of the molecule is CC1(Cc2ccccc2)CCCN1C(=O)NCCn1cnc2ccccc21. The smallest absolute Gasteiger partial charge is 0.317 e. The molecule has 0 saturated carbocycles. The van der Waals surface area contributed by atoms with Gasteiger partial charge in [-0.2, -0.15) is 0 Å². The number of nitrogens with one attached hydrogen (secondary N) is 1. The lowest BCUT2D eigenvalue weighted by atomic mass is 9.90. The van der Waals surface area contributed by atoms with E-state index < -0.39 is 0 Å². The molecule has 3 aromatic rings. The van der Waals surface area contributed by atoms with Gasteiger partial charge in [-0.15, -0.1) is 0 Å². The van der Waals surface area contributed by atoms with Crippen LogP contribution < -0.4 is 5.32 Å². The van der Waals surface area contributed by atoms with Crippen LogP contribution in [0.4, 0.5) is 4.79 Å². The van der Waals surface area contributed by atoms with Crippen molar-refractivity contribution in [2.24, 2.45) is 0 Å². The van der Waals surface area contributed by atoms with Gasteiger partial charge in [0.25, 0.3) is 0 Å². The van der Waals surface area contributed by atoms with Crippen molar-refractivity contribution in [1.82, 2.24) is 19.8 Å². The first kappa shape index (κ1) is 17.6. The number of hydrogen-bond donors (Lipinski definition) is 1. The first-order valence-electron chi connectivity index (χ1n) is 9.65. The van der Waals surface area contributed by atoms with Crippen LogP contribution >= 0.6 is 0 Å². The second kappa shape index (κ2) is 7.43. The standard InChI is InChI=1S/C22H26N4O/c1-22(16-18-8-3-2-4-9-18)12-7-14-26(22)21(27)23-13-15-25-17-24-19-10-5-6-11-20(19)25/h2-6,8-11,17H,7,12-16H2,1H3,(H,23,27). The number of amides is 2. The van der Waals surface area contributed by atoms with Gasteiger partial charge in [0, 0.05) is 25.2 Å². The molecule has 5 nitrogen and oxygen atoms in total. The van der Waals surface area contributed by atoms with E-state index in [1.165, 1.54) is 5.56 Å². The summed E-state index contributed by atoms with van der Waals surface area (Å²) < 4.78 is 2.09. The molecule has 1 unspecified atom stereocenters. The third-order valence-corrected chi connectivity index (χ3v) is 5.58. The Bertz CT molecular complexity index is 920. The number of fused-ring (bicyclic) bond motifs is 1. The van der Waals surface area contributed by atoms with Crippen molar-refractivity contribution < 1.29 is 4.79 Å². The maximum atomic E-state index is 12.8. The van der Waals surface area contributed by atoms with Gasteiger partial charge in [0.2, 0.25) is 0 Å². The second-order valence-electron chi connectivity index (χ2n) is 7.57. The molecule has 5 heteroatoms. The van der Waals surface area contributed by atoms with Crippen LogP contribution in [0.2, 0.25) is 0 Å². The molecule has 1 aliphatic heterocycles. The monoisotopic (exact) mass is 362 g/mol. The van der Waals surface area contributed by atoms with Crippen molar-refractivity contribution in [3.8, 4) is 0 Å². The minimum Gasteiger partial charge on any atom is -0.336 e. The fraction of sp³-hybridized carbons (Fsp3) is 0.364. The summed E-state index contributed by atoms with van der Waals surface area (Å²) in [5, 5.41) is 3.11. The van der Waals surface area contributed by atoms with E-state index in [1.807, 2.05) is 35.5 Å². The third-order valence-electron chi connectivity index (χ3n) is 5.58. The molecule has 0 spiro atoms. The molecule has 0 aliphatic carbocycles. The van der Waals surface area contributed by atoms with Crippen LogP contribution in [0.3, 0.4) is 0 Å². The second-order valence-corrected chi connectivity index (χ2v) is 7.57. The Labute approximate surface area is 160 Å². The zero-order valence-electron chi connectivity index (χ0n) is 15.8. The molecule has 1 N–H and O–H groups in total. The molecular formula is C22H26N4O. The van der Waals surface area contributed by atoms with Crippen LogP contribution in [0.25, 0.3) is 11.0 Å². The number of urea groups is 1. The van der Waals surface area contributed by atoms with Gasteiger partial charge in [-0.05, 0) is 43.9 Å². The average Bonchev–Trinajstić information content (AvgIpc) is 3.26. The van der Waals surface area contributed by atoms with Crippen molar-refractivity contribution in [2.45, 2.75) is 38.3 Å². The van der Waals surface area contributed by atoms with Crippen LogP contribution in [-0.2, 0) is 13.0 Å². The van der Waals surface area contributed by atoms with E-state index >= 15 is 0 Å². The number of imidazole rings is 1. The third kappa shape index (κ3) is 3.68. The highest BCUT2D eigenvalue weighted by Gasteiger charge is 2.39. The molecule has 0 bridgehead atoms. The number of carbonyl (C=O) groups is 1. The Kier molecular flexibility index (Phi) is 4.84. The molecule has 2 heterocycles. The van der Waals surface area contributed by atoms with Gasteiger partial charge in [-0.1, -0.05) is 42.5 Å². The summed E-state index contributed by atoms with van der Waals surface area (Å²) >= 11 is 0. The van der Waals surface area contributed by atoms with Crippen molar-refractivity contribution in [3.63, 3.8) is 0 Å². The Hall–Kier alpha value is -2.82. The lowest BCUT2D eigenvalue weighted by molar-refractivity contribution is 0.155. The highest BCUT2D eigenvalue weighted by Crippen LogP contribution is 2.32. The molecule has 1 saturated heterocycles. The fourth-order valence-corrected chi connectivity index (χ4v) is 4.16. The molecule has 0 radical (unpaired) electrons. The lowest BCUT2D eigenvalue weighted by Crippen LogP contribution is -2.51. The summed E-state index contributed by atoms with van der Waals surface area (Å²) in [6.07, 6.45) is 4.84. The molecule has 1 fully saturated rings. The Morgan fingerprint density at radius 1 is 1.15 bits per heavy atom. The van der Waals surface area contributed by atoms with E-state index in [2.05, 4.69) is 52.1 Å². The van der Waals surface area contributed by atoms with Crippen molar-refractivity contribution in [3.05, 3.63) is 66.5 Å². The zero-order chi connectivity index (χ0) is 18.7. The molecular weight excluding hydrogens is 336 g/mol. The Balaban J connectivity index is 1.37. The first-order valence-corrected chi connectivity index (χ1v) is 9.65. The van der Waals surface area contributed by atoms with Gasteiger partial charge in [0.1, 0.15) is 0 Å². The zero-order valence-corrected chi connectivity index (χ0v) is 15.8. The normalized spacial score (nSPS) is 19.5. The molecule has 1 aromatic heterocycles. The number of likely N-dealkylation sites (tertiary alicyclic amines) is 1. The Morgan fingerprint density at radius 2 is 1.93 bits per heavy atom. The number of para-hydroxylation sites is 2. The van der Waals surface area contributed by atoms with E-state index in [-0.39, 0.29) is 11.6 Å². The molecule has 2 amide bonds. The topological polar surface area (TPSA) is 50.2 Å². The van der Waals surface area contributed by atoms with E-state index in [9.17, 15) is 4.79 Å². The van der Waals surface area contributed by atoms with Crippen LogP contribution in [-0.4, -0.2) is 39.1 Å². The van der Waals surface area contributed by atoms with E-state index in [0.717, 1.165) is 43.4 Å². The largest absolute Gasteiger partial charge is 0.336 e. The molecule has 140 valence electrons. The molecule has 1 aliphatic rings. The summed E-state index contributed by atoms with van der Waals surface area (Å²) in [4.78, 5) is 19.3. The summed E-state index contributed by atoms with van der Waals surface area (Å²) in [7, 11) is 0. The molecule has 4 rings (SSSR count). The number of carbonyl (C=O) groups excluding carboxylic acids is 1. The predicted molar refractivity (Wildman–Crippen MR) is 108 cm³/mol. The summed E-state index contributed by atoms with van der Waals surface area (Å²) in [5.41, 5.74) is 3.25. The fourth-order valence-electron chi connectivity index (χ4n) is 4.16. The minimum absolute atomic E-state index is 0.0374. The van der Waals surface area contributed by atoms with Crippen LogP contribution in [0.1, 0.15) is 25.3 Å². The van der Waals surface area contributed by atoms with Crippen LogP contribution in [0.15, 0.2) is 60.9 Å². The maximum Gasteiger partial charge on any atom is 0.317 e. The number of hydrogen-bond acceptors (Lipinski definition) is 2. The summed E-state index contributed by atoms with van der Waals surface area (Å²) in [5.74, 6) is 0. The van der Waals surface area contributed by atoms with Gasteiger partial charge >= 0.3 is 6.03 Å². The molecule has 1 atom stereocenters. The van der Waals surface area contributed by atoms with Crippen LogP contribution in [0.5, 0.6) is 0 Å². The number of rotatable bonds is 5. The summed E-state index contributed by atoms with van der Waals surface area (Å²) in [6.45, 7) is 4.34. The number of aromatic nitrogens is 2. The maximum absolute atomic E-state index is 12.8. The van der Waals surface area contributed by atoms with Crippen molar-refractivity contribution in [1.29, 1.82) is 0 Å². The molecule has 27 heavy (non-hydrogen) atoms. The summed E-state index contributed by atoms with van der Waals surface area (Å²) in [6, 6.07) is 18.5. The van der Waals surface area contributed by atoms with E-state index in [1.54, 1.807) is 0 Å². The lowest BCUT2D eigenvalue weighted by Gasteiger charge is -2.35.